The third kappa shape index (κ3) is 4.37. The Morgan fingerprint density at radius 1 is 1.19 bits per heavy atom. The van der Waals surface area contributed by atoms with Crippen LogP contribution in [0.25, 0.3) is 0 Å². The van der Waals surface area contributed by atoms with Gasteiger partial charge in [0, 0.05) is 54.6 Å². The van der Waals surface area contributed by atoms with Crippen LogP contribution >= 0.6 is 11.6 Å². The van der Waals surface area contributed by atoms with E-state index in [4.69, 9.17) is 11.6 Å². The summed E-state index contributed by atoms with van der Waals surface area (Å²) in [5.41, 5.74) is -0.0769. The molecule has 32 heavy (non-hydrogen) atoms. The van der Waals surface area contributed by atoms with Gasteiger partial charge in [0.15, 0.2) is 0 Å². The minimum Gasteiger partial charge on any atom is -0.357 e. The largest absolute Gasteiger partial charge is 0.417 e. The fourth-order valence-electron chi connectivity index (χ4n) is 5.21. The number of halogens is 4. The molecule has 2 atom stereocenters. The summed E-state index contributed by atoms with van der Waals surface area (Å²) in [7, 11) is 0. The van der Waals surface area contributed by atoms with Crippen LogP contribution in [0, 0.1) is 11.3 Å². The van der Waals surface area contributed by atoms with E-state index in [1.54, 1.807) is 0 Å². The maximum absolute atomic E-state index is 13.8. The van der Waals surface area contributed by atoms with E-state index in [2.05, 4.69) is 17.2 Å². The molecule has 1 aromatic heterocycles. The van der Waals surface area contributed by atoms with Gasteiger partial charge in [-0.05, 0) is 49.1 Å². The monoisotopic (exact) mass is 465 g/mol. The minimum absolute atomic E-state index is 0.0599. The molecule has 0 amide bonds. The van der Waals surface area contributed by atoms with Crippen LogP contribution in [-0.4, -0.2) is 36.9 Å². The number of aromatic nitrogens is 1. The maximum atomic E-state index is 13.8. The first-order valence-corrected chi connectivity index (χ1v) is 11.4. The van der Waals surface area contributed by atoms with Crippen molar-refractivity contribution in [1.82, 2.24) is 10.3 Å². The van der Waals surface area contributed by atoms with Crippen LogP contribution in [0.4, 0.5) is 19.0 Å². The Balaban J connectivity index is 1.45. The molecule has 4 rings (SSSR count). The Morgan fingerprint density at radius 2 is 1.88 bits per heavy atom. The van der Waals surface area contributed by atoms with E-state index in [0.717, 1.165) is 30.8 Å². The van der Waals surface area contributed by atoms with Crippen LogP contribution in [0.5, 0.6) is 0 Å². The van der Waals surface area contributed by atoms with Gasteiger partial charge in [-0.15, -0.1) is 0 Å². The topological polar surface area (TPSA) is 45.2 Å². The van der Waals surface area contributed by atoms with Gasteiger partial charge in [0.2, 0.25) is 0 Å². The summed E-state index contributed by atoms with van der Waals surface area (Å²) in [6.45, 7) is 4.71. The number of Topliss-reactive ketones (excluding diaryl/α,β-unsaturated/α-hetero) is 1. The SMILES string of the molecule is CC[C@@]1(C(=O)C2CCN(c3ccc(C(F)(F)F)cn3)CC2)CNC[C@@H]1c1ccc(Cl)cc1. The molecule has 0 radical (unpaired) electrons. The first-order chi connectivity index (χ1) is 15.2. The van der Waals surface area contributed by atoms with Crippen molar-refractivity contribution in [1.29, 1.82) is 0 Å². The minimum atomic E-state index is -4.39. The second kappa shape index (κ2) is 9.02. The number of anilines is 1. The highest BCUT2D eigenvalue weighted by Crippen LogP contribution is 2.46. The van der Waals surface area contributed by atoms with Gasteiger partial charge in [0.1, 0.15) is 11.6 Å². The summed E-state index contributed by atoms with van der Waals surface area (Å²) in [6, 6.07) is 10.2. The number of pyridine rings is 1. The molecule has 2 saturated heterocycles. The number of benzene rings is 1. The second-order valence-electron chi connectivity index (χ2n) is 8.77. The molecule has 1 aromatic carbocycles. The molecule has 8 heteroatoms. The molecule has 172 valence electrons. The van der Waals surface area contributed by atoms with Gasteiger partial charge in [0.25, 0.3) is 0 Å². The van der Waals surface area contributed by atoms with E-state index in [0.29, 0.717) is 49.1 Å². The lowest BCUT2D eigenvalue weighted by Crippen LogP contribution is -2.45. The molecular formula is C24H27ClF3N3O. The number of ketones is 1. The highest BCUT2D eigenvalue weighted by molar-refractivity contribution is 6.30. The van der Waals surface area contributed by atoms with Crippen LogP contribution in [0.2, 0.25) is 5.02 Å². The number of carbonyl (C=O) groups is 1. The summed E-state index contributed by atoms with van der Waals surface area (Å²) in [6.07, 6.45) is -1.41. The molecular weight excluding hydrogens is 439 g/mol. The van der Waals surface area contributed by atoms with E-state index >= 15 is 0 Å². The zero-order valence-corrected chi connectivity index (χ0v) is 18.7. The highest BCUT2D eigenvalue weighted by Gasteiger charge is 2.50. The fraction of sp³-hybridized carbons (Fsp3) is 0.500. The number of nitrogens with one attached hydrogen (secondary N) is 1. The summed E-state index contributed by atoms with van der Waals surface area (Å²) in [5, 5.41) is 4.11. The van der Waals surface area contributed by atoms with Gasteiger partial charge >= 0.3 is 6.18 Å². The lowest BCUT2D eigenvalue weighted by Gasteiger charge is -2.39. The first kappa shape index (κ1) is 23.1. The molecule has 2 aromatic rings. The Hall–Kier alpha value is -2.12. The average Bonchev–Trinajstić information content (AvgIpc) is 3.24. The van der Waals surface area contributed by atoms with Crippen LogP contribution in [0.15, 0.2) is 42.6 Å². The molecule has 0 bridgehead atoms. The van der Waals surface area contributed by atoms with Crippen molar-refractivity contribution >= 4 is 23.2 Å². The van der Waals surface area contributed by atoms with E-state index in [9.17, 15) is 18.0 Å². The average molecular weight is 466 g/mol. The summed E-state index contributed by atoms with van der Waals surface area (Å²) in [5.74, 6) is 0.864. The number of alkyl halides is 3. The van der Waals surface area contributed by atoms with Gasteiger partial charge in [-0.2, -0.15) is 13.2 Å². The van der Waals surface area contributed by atoms with Gasteiger partial charge in [-0.3, -0.25) is 4.79 Å². The van der Waals surface area contributed by atoms with Crippen molar-refractivity contribution in [2.45, 2.75) is 38.3 Å². The van der Waals surface area contributed by atoms with E-state index < -0.39 is 17.2 Å². The second-order valence-corrected chi connectivity index (χ2v) is 9.21. The Morgan fingerprint density at radius 3 is 2.44 bits per heavy atom. The Bertz CT molecular complexity index is 940. The normalized spacial score (nSPS) is 24.7. The van der Waals surface area contributed by atoms with Crippen molar-refractivity contribution in [3.05, 3.63) is 58.7 Å². The Labute approximate surface area is 191 Å². The van der Waals surface area contributed by atoms with Crippen LogP contribution in [0.1, 0.15) is 43.2 Å². The molecule has 2 aliphatic heterocycles. The zero-order chi connectivity index (χ0) is 22.9. The molecule has 3 heterocycles. The third-order valence-corrected chi connectivity index (χ3v) is 7.37. The van der Waals surface area contributed by atoms with Gasteiger partial charge in [-0.1, -0.05) is 30.7 Å². The van der Waals surface area contributed by atoms with E-state index in [1.807, 2.05) is 29.2 Å². The third-order valence-electron chi connectivity index (χ3n) is 7.11. The molecule has 0 saturated carbocycles. The summed E-state index contributed by atoms with van der Waals surface area (Å²) >= 11 is 6.05. The standard InChI is InChI=1S/C24H27ClF3N3O/c1-2-23(15-29-14-20(23)16-3-6-19(25)7-4-16)22(32)17-9-11-31(12-10-17)21-8-5-18(13-30-21)24(26,27)28/h3-8,13,17,20,29H,2,9-12,14-15H2,1H3/t20-,23-/m1/s1. The first-order valence-electron chi connectivity index (χ1n) is 11.0. The zero-order valence-electron chi connectivity index (χ0n) is 18.0. The van der Waals surface area contributed by atoms with Gasteiger partial charge in [0.05, 0.1) is 5.56 Å². The Kier molecular flexibility index (Phi) is 6.50. The number of piperidine rings is 1. The molecule has 1 N–H and O–H groups in total. The lowest BCUT2D eigenvalue weighted by molar-refractivity contribution is -0.138. The van der Waals surface area contributed by atoms with Crippen LogP contribution < -0.4 is 10.2 Å². The molecule has 0 aliphatic carbocycles. The number of carbonyl (C=O) groups excluding carboxylic acids is 1. The highest BCUT2D eigenvalue weighted by atomic mass is 35.5. The number of hydrogen-bond donors (Lipinski definition) is 1. The van der Waals surface area contributed by atoms with Gasteiger partial charge in [-0.25, -0.2) is 4.98 Å². The van der Waals surface area contributed by atoms with Crippen LogP contribution in [-0.2, 0) is 11.0 Å². The van der Waals surface area contributed by atoms with E-state index in [-0.39, 0.29) is 11.8 Å². The van der Waals surface area contributed by atoms with Gasteiger partial charge < -0.3 is 10.2 Å². The quantitative estimate of drug-likeness (QED) is 0.649. The predicted octanol–water partition coefficient (Wildman–Crippen LogP) is 5.32. The molecule has 0 unspecified atom stereocenters. The fourth-order valence-corrected chi connectivity index (χ4v) is 5.34. The van der Waals surface area contributed by atoms with Crippen LogP contribution in [0.3, 0.4) is 0 Å². The number of rotatable bonds is 5. The smallest absolute Gasteiger partial charge is 0.357 e. The lowest BCUT2D eigenvalue weighted by atomic mass is 9.65. The maximum Gasteiger partial charge on any atom is 0.417 e. The van der Waals surface area contributed by atoms with Crippen molar-refractivity contribution in [2.24, 2.45) is 11.3 Å². The summed E-state index contributed by atoms with van der Waals surface area (Å²) < 4.78 is 38.4. The van der Waals surface area contributed by atoms with Crippen molar-refractivity contribution in [2.75, 3.05) is 31.1 Å². The van der Waals surface area contributed by atoms with E-state index in [1.165, 1.54) is 6.07 Å². The summed E-state index contributed by atoms with van der Waals surface area (Å²) in [4.78, 5) is 19.7. The number of hydrogen-bond acceptors (Lipinski definition) is 4. The molecule has 2 fully saturated rings. The number of nitrogens with zero attached hydrogens (tertiary/aromatic N) is 2. The predicted molar refractivity (Wildman–Crippen MR) is 119 cm³/mol. The van der Waals surface area contributed by atoms with Crippen molar-refractivity contribution < 1.29 is 18.0 Å². The molecule has 0 spiro atoms. The van der Waals surface area contributed by atoms with Crippen molar-refractivity contribution in [3.8, 4) is 0 Å². The molecule has 2 aliphatic rings. The molecule has 4 nitrogen and oxygen atoms in total. The van der Waals surface area contributed by atoms with Crippen molar-refractivity contribution in [3.63, 3.8) is 0 Å².